The molecule has 0 saturated carbocycles. The number of carbonyl (C=O) groups is 1. The van der Waals surface area contributed by atoms with Crippen LogP contribution in [0.25, 0.3) is 0 Å². The summed E-state index contributed by atoms with van der Waals surface area (Å²) in [4.78, 5) is 12.2. The summed E-state index contributed by atoms with van der Waals surface area (Å²) in [5, 5.41) is 0. The van der Waals surface area contributed by atoms with E-state index in [0.29, 0.717) is 12.8 Å². The molecule has 3 rings (SSSR count). The summed E-state index contributed by atoms with van der Waals surface area (Å²) < 4.78 is 10.9. The van der Waals surface area contributed by atoms with Crippen LogP contribution in [0.15, 0.2) is 78.9 Å². The van der Waals surface area contributed by atoms with Crippen LogP contribution in [0.1, 0.15) is 17.5 Å². The molecular formula is C23H22O3. The average Bonchev–Trinajstić information content (AvgIpc) is 2.69. The zero-order valence-corrected chi connectivity index (χ0v) is 14.9. The first-order valence-corrected chi connectivity index (χ1v) is 8.69. The van der Waals surface area contributed by atoms with Crippen LogP contribution in [0.5, 0.6) is 17.2 Å². The molecule has 132 valence electrons. The summed E-state index contributed by atoms with van der Waals surface area (Å²) in [6, 6.07) is 25.2. The maximum absolute atomic E-state index is 12.2. The van der Waals surface area contributed by atoms with Crippen molar-refractivity contribution in [3.05, 3.63) is 90.0 Å². The zero-order valence-electron chi connectivity index (χ0n) is 14.9. The van der Waals surface area contributed by atoms with Gasteiger partial charge in [-0.15, -0.1) is 0 Å². The number of ether oxygens (including phenoxy) is 2. The van der Waals surface area contributed by atoms with Crippen molar-refractivity contribution in [1.82, 2.24) is 0 Å². The van der Waals surface area contributed by atoms with Crippen LogP contribution in [0, 0.1) is 0 Å². The van der Waals surface area contributed by atoms with Gasteiger partial charge in [-0.3, -0.25) is 4.79 Å². The number of methoxy groups -OCH3 is 1. The van der Waals surface area contributed by atoms with E-state index >= 15 is 0 Å². The van der Waals surface area contributed by atoms with Gasteiger partial charge >= 0.3 is 0 Å². The Hall–Kier alpha value is -3.07. The highest BCUT2D eigenvalue weighted by Crippen LogP contribution is 2.21. The van der Waals surface area contributed by atoms with Gasteiger partial charge in [0.15, 0.2) is 0 Å². The largest absolute Gasteiger partial charge is 0.497 e. The van der Waals surface area contributed by atoms with Gasteiger partial charge in [-0.2, -0.15) is 0 Å². The summed E-state index contributed by atoms with van der Waals surface area (Å²) in [6.07, 6.45) is 1.73. The Morgan fingerprint density at radius 3 is 1.96 bits per heavy atom. The topological polar surface area (TPSA) is 35.5 Å². The van der Waals surface area contributed by atoms with Crippen LogP contribution in [0.3, 0.4) is 0 Å². The van der Waals surface area contributed by atoms with Crippen molar-refractivity contribution < 1.29 is 14.3 Å². The van der Waals surface area contributed by atoms with E-state index in [1.807, 2.05) is 78.9 Å². The van der Waals surface area contributed by atoms with Crippen molar-refractivity contribution in [2.45, 2.75) is 19.3 Å². The normalized spacial score (nSPS) is 10.3. The molecule has 26 heavy (non-hydrogen) atoms. The lowest BCUT2D eigenvalue weighted by Crippen LogP contribution is -2.04. The van der Waals surface area contributed by atoms with Crippen LogP contribution in [0.4, 0.5) is 0 Å². The lowest BCUT2D eigenvalue weighted by Gasteiger charge is -2.07. The Morgan fingerprint density at radius 1 is 0.731 bits per heavy atom. The summed E-state index contributed by atoms with van der Waals surface area (Å²) in [5.41, 5.74) is 2.15. The van der Waals surface area contributed by atoms with E-state index in [9.17, 15) is 4.79 Å². The molecule has 3 heteroatoms. The number of hydrogen-bond donors (Lipinski definition) is 0. The van der Waals surface area contributed by atoms with Crippen LogP contribution in [-0.2, 0) is 17.6 Å². The zero-order chi connectivity index (χ0) is 18.2. The first-order chi connectivity index (χ1) is 12.7. The number of ketones is 1. The van der Waals surface area contributed by atoms with E-state index in [1.165, 1.54) is 0 Å². The average molecular weight is 346 g/mol. The molecule has 0 atom stereocenters. The van der Waals surface area contributed by atoms with Crippen LogP contribution < -0.4 is 9.47 Å². The van der Waals surface area contributed by atoms with Crippen molar-refractivity contribution in [2.75, 3.05) is 7.11 Å². The highest BCUT2D eigenvalue weighted by molar-refractivity contribution is 5.81. The SMILES string of the molecule is COc1ccc(CCC(=O)Cc2ccc(Oc3ccccc3)cc2)cc1. The summed E-state index contributed by atoms with van der Waals surface area (Å²) in [6.45, 7) is 0. The maximum Gasteiger partial charge on any atom is 0.137 e. The fraction of sp³-hybridized carbons (Fsp3) is 0.174. The van der Waals surface area contributed by atoms with Gasteiger partial charge in [-0.05, 0) is 53.9 Å². The van der Waals surface area contributed by atoms with Crippen molar-refractivity contribution in [1.29, 1.82) is 0 Å². The van der Waals surface area contributed by atoms with E-state index in [-0.39, 0.29) is 5.78 Å². The third kappa shape index (κ3) is 5.21. The second-order valence-electron chi connectivity index (χ2n) is 6.12. The first kappa shape index (κ1) is 17.7. The summed E-state index contributed by atoms with van der Waals surface area (Å²) >= 11 is 0. The molecule has 0 aliphatic heterocycles. The molecule has 0 fully saturated rings. The minimum Gasteiger partial charge on any atom is -0.497 e. The summed E-state index contributed by atoms with van der Waals surface area (Å²) in [7, 11) is 1.65. The fourth-order valence-corrected chi connectivity index (χ4v) is 2.69. The molecule has 0 amide bonds. The molecule has 0 unspecified atom stereocenters. The molecule has 3 aromatic carbocycles. The molecule has 0 bridgehead atoms. The van der Waals surface area contributed by atoms with Crippen molar-refractivity contribution in [3.63, 3.8) is 0 Å². The van der Waals surface area contributed by atoms with Crippen LogP contribution in [0.2, 0.25) is 0 Å². The predicted molar refractivity (Wildman–Crippen MR) is 103 cm³/mol. The molecule has 0 heterocycles. The Bertz CT molecular complexity index is 822. The second kappa shape index (κ2) is 8.86. The minimum absolute atomic E-state index is 0.234. The van der Waals surface area contributed by atoms with Gasteiger partial charge in [0.1, 0.15) is 23.0 Å². The van der Waals surface area contributed by atoms with Gasteiger partial charge in [0.25, 0.3) is 0 Å². The Kier molecular flexibility index (Phi) is 6.05. The Morgan fingerprint density at radius 2 is 1.31 bits per heavy atom. The molecule has 0 saturated heterocycles. The molecule has 3 nitrogen and oxygen atoms in total. The molecule has 0 aromatic heterocycles. The van der Waals surface area contributed by atoms with Crippen molar-refractivity contribution in [3.8, 4) is 17.2 Å². The van der Waals surface area contributed by atoms with Gasteiger partial charge in [0.2, 0.25) is 0 Å². The van der Waals surface area contributed by atoms with E-state index in [2.05, 4.69) is 0 Å². The highest BCUT2D eigenvalue weighted by atomic mass is 16.5. The number of aryl methyl sites for hydroxylation is 1. The first-order valence-electron chi connectivity index (χ1n) is 8.69. The van der Waals surface area contributed by atoms with Crippen molar-refractivity contribution in [2.24, 2.45) is 0 Å². The third-order valence-electron chi connectivity index (χ3n) is 4.16. The molecule has 0 spiro atoms. The van der Waals surface area contributed by atoms with Gasteiger partial charge in [-0.1, -0.05) is 42.5 Å². The smallest absolute Gasteiger partial charge is 0.137 e. The van der Waals surface area contributed by atoms with E-state index in [1.54, 1.807) is 7.11 Å². The lowest BCUT2D eigenvalue weighted by molar-refractivity contribution is -0.118. The van der Waals surface area contributed by atoms with Gasteiger partial charge in [0, 0.05) is 12.8 Å². The van der Waals surface area contributed by atoms with E-state index in [0.717, 1.165) is 34.8 Å². The van der Waals surface area contributed by atoms with Crippen LogP contribution >= 0.6 is 0 Å². The highest BCUT2D eigenvalue weighted by Gasteiger charge is 2.06. The van der Waals surface area contributed by atoms with Gasteiger partial charge < -0.3 is 9.47 Å². The van der Waals surface area contributed by atoms with E-state index < -0.39 is 0 Å². The summed E-state index contributed by atoms with van der Waals surface area (Å²) in [5.74, 6) is 2.64. The second-order valence-corrected chi connectivity index (χ2v) is 6.12. The van der Waals surface area contributed by atoms with Crippen molar-refractivity contribution >= 4 is 5.78 Å². The number of carbonyl (C=O) groups excluding carboxylic acids is 1. The van der Waals surface area contributed by atoms with Gasteiger partial charge in [0.05, 0.1) is 7.11 Å². The molecule has 0 radical (unpaired) electrons. The predicted octanol–water partition coefficient (Wildman–Crippen LogP) is 5.23. The minimum atomic E-state index is 0.234. The number of benzene rings is 3. The standard InChI is InChI=1S/C23H22O3/c1-25-21-13-8-18(9-14-21)7-12-20(24)17-19-10-15-23(16-11-19)26-22-5-3-2-4-6-22/h2-6,8-11,13-16H,7,12,17H2,1H3. The number of para-hydroxylation sites is 1. The number of hydrogen-bond acceptors (Lipinski definition) is 3. The Labute approximate surface area is 154 Å². The third-order valence-corrected chi connectivity index (χ3v) is 4.16. The number of Topliss-reactive ketones (excluding diaryl/α,β-unsaturated/α-hetero) is 1. The molecule has 0 aliphatic carbocycles. The quantitative estimate of drug-likeness (QED) is 0.560. The molecular weight excluding hydrogens is 324 g/mol. The molecule has 0 aliphatic rings. The molecule has 3 aromatic rings. The van der Waals surface area contributed by atoms with E-state index in [4.69, 9.17) is 9.47 Å². The maximum atomic E-state index is 12.2. The van der Waals surface area contributed by atoms with Crippen LogP contribution in [-0.4, -0.2) is 12.9 Å². The number of rotatable bonds is 8. The molecule has 0 N–H and O–H groups in total. The monoisotopic (exact) mass is 346 g/mol. The lowest BCUT2D eigenvalue weighted by atomic mass is 10.0. The Balaban J connectivity index is 1.49. The fourth-order valence-electron chi connectivity index (χ4n) is 2.69. The van der Waals surface area contributed by atoms with Gasteiger partial charge in [-0.25, -0.2) is 0 Å².